The number of nitrogens with two attached hydrogens (primary N) is 1. The number of rotatable bonds is 4. The average Bonchev–Trinajstić information content (AvgIpc) is 2.19. The smallest absolute Gasteiger partial charge is 0.0266 e. The summed E-state index contributed by atoms with van der Waals surface area (Å²) < 4.78 is 0. The van der Waals surface area contributed by atoms with E-state index in [2.05, 4.69) is 30.2 Å². The van der Waals surface area contributed by atoms with Gasteiger partial charge in [0.15, 0.2) is 0 Å². The Labute approximate surface area is 90.1 Å². The maximum atomic E-state index is 5.75. The number of benzene rings is 1. The molecular weight excluding hydrogens is 190 g/mol. The van der Waals surface area contributed by atoms with Gasteiger partial charge in [0.1, 0.15) is 0 Å². The molecule has 0 bridgehead atoms. The Bertz CT molecular complexity index is 308. The van der Waals surface area contributed by atoms with Gasteiger partial charge in [-0.2, -0.15) is 0 Å². The number of thioether (sulfide) groups is 1. The second-order valence-electron chi connectivity index (χ2n) is 3.16. The highest BCUT2D eigenvalue weighted by Crippen LogP contribution is 2.20. The summed E-state index contributed by atoms with van der Waals surface area (Å²) in [7, 11) is 0. The van der Waals surface area contributed by atoms with Crippen molar-refractivity contribution in [3.63, 3.8) is 0 Å². The first-order valence-corrected chi connectivity index (χ1v) is 5.64. The summed E-state index contributed by atoms with van der Waals surface area (Å²) in [5.41, 5.74) is 6.92. The largest absolute Gasteiger partial charge is 0.324 e. The highest BCUT2D eigenvalue weighted by atomic mass is 32.2. The fourth-order valence-corrected chi connectivity index (χ4v) is 1.88. The second kappa shape index (κ2) is 5.74. The third kappa shape index (κ3) is 3.45. The first-order chi connectivity index (χ1) is 6.74. The van der Waals surface area contributed by atoms with Crippen LogP contribution in [0.15, 0.2) is 29.2 Å². The zero-order chi connectivity index (χ0) is 10.4. The molecule has 2 heteroatoms. The minimum absolute atomic E-state index is 0.111. The SMILES string of the molecule is C#CCCSc1ccc(C(C)N)cc1. The van der Waals surface area contributed by atoms with Crippen molar-refractivity contribution in [1.82, 2.24) is 0 Å². The van der Waals surface area contributed by atoms with Crippen LogP contribution in [0.5, 0.6) is 0 Å². The van der Waals surface area contributed by atoms with Crippen LogP contribution < -0.4 is 5.73 Å². The van der Waals surface area contributed by atoms with Crippen LogP contribution in [0.25, 0.3) is 0 Å². The minimum atomic E-state index is 0.111. The van der Waals surface area contributed by atoms with Crippen molar-refractivity contribution in [2.24, 2.45) is 5.73 Å². The van der Waals surface area contributed by atoms with E-state index in [1.807, 2.05) is 6.92 Å². The molecule has 0 amide bonds. The molecule has 0 aliphatic heterocycles. The molecule has 74 valence electrons. The van der Waals surface area contributed by atoms with Crippen LogP contribution in [-0.4, -0.2) is 5.75 Å². The van der Waals surface area contributed by atoms with Crippen molar-refractivity contribution in [1.29, 1.82) is 0 Å². The predicted octanol–water partition coefficient (Wildman–Crippen LogP) is 2.82. The lowest BCUT2D eigenvalue weighted by Gasteiger charge is -2.06. The molecule has 0 aliphatic carbocycles. The molecule has 1 atom stereocenters. The van der Waals surface area contributed by atoms with Gasteiger partial charge < -0.3 is 5.73 Å². The quantitative estimate of drug-likeness (QED) is 0.465. The normalized spacial score (nSPS) is 12.1. The first kappa shape index (κ1) is 11.2. The number of terminal acetylenes is 1. The highest BCUT2D eigenvalue weighted by Gasteiger charge is 1.98. The van der Waals surface area contributed by atoms with E-state index in [1.165, 1.54) is 10.5 Å². The Balaban J connectivity index is 2.52. The zero-order valence-corrected chi connectivity index (χ0v) is 9.18. The van der Waals surface area contributed by atoms with Gasteiger partial charge in [0.05, 0.1) is 0 Å². The lowest BCUT2D eigenvalue weighted by molar-refractivity contribution is 0.817. The molecule has 0 saturated carbocycles. The van der Waals surface area contributed by atoms with E-state index in [4.69, 9.17) is 12.2 Å². The Kier molecular flexibility index (Phi) is 4.58. The lowest BCUT2D eigenvalue weighted by Crippen LogP contribution is -2.04. The van der Waals surface area contributed by atoms with E-state index in [0.29, 0.717) is 0 Å². The summed E-state index contributed by atoms with van der Waals surface area (Å²) in [5, 5.41) is 0. The van der Waals surface area contributed by atoms with Crippen LogP contribution in [0.3, 0.4) is 0 Å². The fraction of sp³-hybridized carbons (Fsp3) is 0.333. The summed E-state index contributed by atoms with van der Waals surface area (Å²) in [6.07, 6.45) is 6.00. The molecule has 1 aromatic carbocycles. The number of hydrogen-bond acceptors (Lipinski definition) is 2. The van der Waals surface area contributed by atoms with Gasteiger partial charge in [0.2, 0.25) is 0 Å². The van der Waals surface area contributed by atoms with Gasteiger partial charge in [-0.1, -0.05) is 12.1 Å². The van der Waals surface area contributed by atoms with Crippen LogP contribution in [-0.2, 0) is 0 Å². The Morgan fingerprint density at radius 2 is 2.07 bits per heavy atom. The van der Waals surface area contributed by atoms with Gasteiger partial charge in [0, 0.05) is 23.1 Å². The van der Waals surface area contributed by atoms with Gasteiger partial charge in [-0.15, -0.1) is 24.1 Å². The van der Waals surface area contributed by atoms with E-state index in [-0.39, 0.29) is 6.04 Å². The Hall–Kier alpha value is -0.910. The van der Waals surface area contributed by atoms with E-state index >= 15 is 0 Å². The standard InChI is InChI=1S/C12H15NS/c1-3-4-9-14-12-7-5-11(6-8-12)10(2)13/h1,5-8,10H,4,9,13H2,2H3. The maximum Gasteiger partial charge on any atom is 0.0266 e. The van der Waals surface area contributed by atoms with Crippen molar-refractivity contribution < 1.29 is 0 Å². The summed E-state index contributed by atoms with van der Waals surface area (Å²) in [6.45, 7) is 1.99. The van der Waals surface area contributed by atoms with Crippen molar-refractivity contribution in [3.8, 4) is 12.3 Å². The molecule has 0 heterocycles. The van der Waals surface area contributed by atoms with Gasteiger partial charge >= 0.3 is 0 Å². The predicted molar refractivity (Wildman–Crippen MR) is 63.2 cm³/mol. The van der Waals surface area contributed by atoms with Crippen molar-refractivity contribution >= 4 is 11.8 Å². The molecule has 0 aliphatic rings. The molecule has 1 aromatic rings. The van der Waals surface area contributed by atoms with Gasteiger partial charge in [-0.05, 0) is 24.6 Å². The average molecular weight is 205 g/mol. The van der Waals surface area contributed by atoms with E-state index in [1.54, 1.807) is 11.8 Å². The van der Waals surface area contributed by atoms with Crippen LogP contribution in [0.2, 0.25) is 0 Å². The molecule has 1 unspecified atom stereocenters. The maximum absolute atomic E-state index is 5.75. The van der Waals surface area contributed by atoms with Gasteiger partial charge in [-0.25, -0.2) is 0 Å². The van der Waals surface area contributed by atoms with E-state index in [0.717, 1.165) is 12.2 Å². The van der Waals surface area contributed by atoms with Crippen molar-refractivity contribution in [2.45, 2.75) is 24.3 Å². The van der Waals surface area contributed by atoms with Crippen molar-refractivity contribution in [2.75, 3.05) is 5.75 Å². The molecule has 0 saturated heterocycles. The van der Waals surface area contributed by atoms with Crippen molar-refractivity contribution in [3.05, 3.63) is 29.8 Å². The zero-order valence-electron chi connectivity index (χ0n) is 8.36. The summed E-state index contributed by atoms with van der Waals surface area (Å²) in [6, 6.07) is 8.45. The Morgan fingerprint density at radius 3 is 2.57 bits per heavy atom. The summed E-state index contributed by atoms with van der Waals surface area (Å²) in [4.78, 5) is 1.25. The molecule has 0 spiro atoms. The van der Waals surface area contributed by atoms with E-state index in [9.17, 15) is 0 Å². The van der Waals surface area contributed by atoms with Gasteiger partial charge in [-0.3, -0.25) is 0 Å². The highest BCUT2D eigenvalue weighted by molar-refractivity contribution is 7.99. The van der Waals surface area contributed by atoms with E-state index < -0.39 is 0 Å². The molecule has 1 nitrogen and oxygen atoms in total. The summed E-state index contributed by atoms with van der Waals surface area (Å²) >= 11 is 1.78. The first-order valence-electron chi connectivity index (χ1n) is 4.66. The van der Waals surface area contributed by atoms with Crippen LogP contribution >= 0.6 is 11.8 Å². The molecular formula is C12H15NS. The monoisotopic (exact) mass is 205 g/mol. The summed E-state index contributed by atoms with van der Waals surface area (Å²) in [5.74, 6) is 3.61. The third-order valence-electron chi connectivity index (χ3n) is 1.92. The molecule has 14 heavy (non-hydrogen) atoms. The van der Waals surface area contributed by atoms with Crippen LogP contribution in [0.1, 0.15) is 24.9 Å². The topological polar surface area (TPSA) is 26.0 Å². The van der Waals surface area contributed by atoms with Gasteiger partial charge in [0.25, 0.3) is 0 Å². The lowest BCUT2D eigenvalue weighted by atomic mass is 10.1. The molecule has 0 radical (unpaired) electrons. The molecule has 0 aromatic heterocycles. The minimum Gasteiger partial charge on any atom is -0.324 e. The number of hydrogen-bond donors (Lipinski definition) is 1. The Morgan fingerprint density at radius 1 is 1.43 bits per heavy atom. The molecule has 0 fully saturated rings. The third-order valence-corrected chi connectivity index (χ3v) is 2.93. The van der Waals surface area contributed by atoms with Crippen LogP contribution in [0, 0.1) is 12.3 Å². The van der Waals surface area contributed by atoms with Crippen LogP contribution in [0.4, 0.5) is 0 Å². The molecule has 2 N–H and O–H groups in total. The fourth-order valence-electron chi connectivity index (χ4n) is 1.10. The second-order valence-corrected chi connectivity index (χ2v) is 4.33. The molecule has 1 rings (SSSR count).